The Morgan fingerprint density at radius 1 is 0.897 bits per heavy atom. The van der Waals surface area contributed by atoms with Gasteiger partial charge in [-0.2, -0.15) is 0 Å². The van der Waals surface area contributed by atoms with Crippen LogP contribution in [0.25, 0.3) is 10.8 Å². The zero-order chi connectivity index (χ0) is 20.4. The highest BCUT2D eigenvalue weighted by atomic mass is 16.2. The highest BCUT2D eigenvalue weighted by Crippen LogP contribution is 2.25. The molecule has 2 amide bonds. The topological polar surface area (TPSA) is 43.9 Å². The molecule has 1 atom stereocenters. The second kappa shape index (κ2) is 8.54. The Bertz CT molecular complexity index is 881. The third-order valence-corrected chi connectivity index (χ3v) is 6.43. The summed E-state index contributed by atoms with van der Waals surface area (Å²) in [6, 6.07) is 14.4. The third-order valence-electron chi connectivity index (χ3n) is 6.43. The highest BCUT2D eigenvalue weighted by Gasteiger charge is 2.33. The van der Waals surface area contributed by atoms with E-state index in [9.17, 15) is 9.59 Å². The lowest BCUT2D eigenvalue weighted by atomic mass is 9.95. The van der Waals surface area contributed by atoms with E-state index in [1.807, 2.05) is 52.3 Å². The molecule has 0 spiro atoms. The van der Waals surface area contributed by atoms with Crippen LogP contribution in [-0.2, 0) is 4.79 Å². The monoisotopic (exact) mass is 393 g/mol. The number of hydrogen-bond donors (Lipinski definition) is 0. The van der Waals surface area contributed by atoms with Gasteiger partial charge in [0.25, 0.3) is 5.91 Å². The molecule has 2 aromatic carbocycles. The maximum Gasteiger partial charge on any atom is 0.254 e. The van der Waals surface area contributed by atoms with Crippen LogP contribution >= 0.6 is 0 Å². The predicted molar refractivity (Wildman–Crippen MR) is 116 cm³/mol. The zero-order valence-electron chi connectivity index (χ0n) is 17.5. The number of likely N-dealkylation sites (tertiary alicyclic amines) is 1. The summed E-state index contributed by atoms with van der Waals surface area (Å²) in [5, 5.41) is 2.06. The Kier molecular flexibility index (Phi) is 5.86. The number of fused-ring (bicyclic) bond motifs is 1. The maximum absolute atomic E-state index is 13.3. The molecule has 2 aliphatic rings. The standard InChI is InChI=1S/C24H31N3O2/c1-18(2)25-13-15-26(16-14-25)23(28)20-9-6-12-27(17-20)24(29)22-11-5-8-19-7-3-4-10-21(19)22/h3-5,7-8,10-11,18,20H,6,9,12-17H2,1-2H3. The molecule has 5 nitrogen and oxygen atoms in total. The Morgan fingerprint density at radius 3 is 2.38 bits per heavy atom. The van der Waals surface area contributed by atoms with Crippen LogP contribution in [0.2, 0.25) is 0 Å². The van der Waals surface area contributed by atoms with Crippen LogP contribution in [0.3, 0.4) is 0 Å². The summed E-state index contributed by atoms with van der Waals surface area (Å²) < 4.78 is 0. The summed E-state index contributed by atoms with van der Waals surface area (Å²) >= 11 is 0. The average molecular weight is 394 g/mol. The van der Waals surface area contributed by atoms with E-state index in [0.717, 1.165) is 61.9 Å². The van der Waals surface area contributed by atoms with E-state index in [2.05, 4.69) is 18.7 Å². The number of carbonyl (C=O) groups excluding carboxylic acids is 2. The number of piperidine rings is 1. The molecule has 2 saturated heterocycles. The predicted octanol–water partition coefficient (Wildman–Crippen LogP) is 3.24. The van der Waals surface area contributed by atoms with E-state index in [-0.39, 0.29) is 17.7 Å². The average Bonchev–Trinajstić information content (AvgIpc) is 2.78. The Morgan fingerprint density at radius 2 is 1.62 bits per heavy atom. The molecule has 0 N–H and O–H groups in total. The van der Waals surface area contributed by atoms with Gasteiger partial charge in [-0.15, -0.1) is 0 Å². The summed E-state index contributed by atoms with van der Waals surface area (Å²) in [7, 11) is 0. The lowest BCUT2D eigenvalue weighted by Crippen LogP contribution is -2.54. The van der Waals surface area contributed by atoms with Crippen molar-refractivity contribution in [3.05, 3.63) is 48.0 Å². The maximum atomic E-state index is 13.3. The molecule has 2 aliphatic heterocycles. The fraction of sp³-hybridized carbons (Fsp3) is 0.500. The third kappa shape index (κ3) is 4.15. The second-order valence-corrected chi connectivity index (χ2v) is 8.57. The molecule has 29 heavy (non-hydrogen) atoms. The molecule has 5 heteroatoms. The molecule has 2 aromatic rings. The van der Waals surface area contributed by atoms with Gasteiger partial charge in [-0.05, 0) is 43.5 Å². The van der Waals surface area contributed by atoms with Gasteiger partial charge in [0.05, 0.1) is 5.92 Å². The van der Waals surface area contributed by atoms with Crippen molar-refractivity contribution in [1.29, 1.82) is 0 Å². The van der Waals surface area contributed by atoms with Crippen molar-refractivity contribution in [3.8, 4) is 0 Å². The van der Waals surface area contributed by atoms with Gasteiger partial charge in [-0.25, -0.2) is 0 Å². The van der Waals surface area contributed by atoms with E-state index in [4.69, 9.17) is 0 Å². The molecule has 0 aromatic heterocycles. The lowest BCUT2D eigenvalue weighted by Gasteiger charge is -2.40. The summed E-state index contributed by atoms with van der Waals surface area (Å²) in [6.45, 7) is 9.14. The first-order valence-corrected chi connectivity index (χ1v) is 10.8. The van der Waals surface area contributed by atoms with Crippen LogP contribution in [0.4, 0.5) is 0 Å². The van der Waals surface area contributed by atoms with E-state index >= 15 is 0 Å². The summed E-state index contributed by atoms with van der Waals surface area (Å²) in [5.41, 5.74) is 0.738. The Hall–Kier alpha value is -2.40. The minimum Gasteiger partial charge on any atom is -0.340 e. The minimum atomic E-state index is -0.0757. The Labute approximate surface area is 173 Å². The van der Waals surface area contributed by atoms with Gasteiger partial charge in [-0.1, -0.05) is 36.4 Å². The zero-order valence-corrected chi connectivity index (χ0v) is 17.5. The lowest BCUT2D eigenvalue weighted by molar-refractivity contribution is -0.139. The van der Waals surface area contributed by atoms with Crippen molar-refractivity contribution in [2.45, 2.75) is 32.7 Å². The van der Waals surface area contributed by atoms with E-state index in [0.29, 0.717) is 12.6 Å². The molecule has 154 valence electrons. The smallest absolute Gasteiger partial charge is 0.254 e. The number of amides is 2. The number of piperazine rings is 1. The molecular weight excluding hydrogens is 362 g/mol. The van der Waals surface area contributed by atoms with Gasteiger partial charge in [0, 0.05) is 50.9 Å². The van der Waals surface area contributed by atoms with Gasteiger partial charge >= 0.3 is 0 Å². The van der Waals surface area contributed by atoms with Gasteiger partial charge < -0.3 is 9.80 Å². The fourth-order valence-electron chi connectivity index (χ4n) is 4.66. The molecule has 2 heterocycles. The summed E-state index contributed by atoms with van der Waals surface area (Å²) in [5.74, 6) is 0.195. The van der Waals surface area contributed by atoms with Gasteiger partial charge in [0.2, 0.25) is 5.91 Å². The highest BCUT2D eigenvalue weighted by molar-refractivity contribution is 6.07. The van der Waals surface area contributed by atoms with Crippen LogP contribution in [0.5, 0.6) is 0 Å². The molecular formula is C24H31N3O2. The van der Waals surface area contributed by atoms with Crippen molar-refractivity contribution in [2.75, 3.05) is 39.3 Å². The second-order valence-electron chi connectivity index (χ2n) is 8.57. The van der Waals surface area contributed by atoms with Crippen molar-refractivity contribution < 1.29 is 9.59 Å². The number of nitrogens with zero attached hydrogens (tertiary/aromatic N) is 3. The first-order valence-electron chi connectivity index (χ1n) is 10.8. The van der Waals surface area contributed by atoms with Crippen molar-refractivity contribution >= 4 is 22.6 Å². The van der Waals surface area contributed by atoms with E-state index in [1.54, 1.807) is 0 Å². The van der Waals surface area contributed by atoms with Gasteiger partial charge in [0.15, 0.2) is 0 Å². The summed E-state index contributed by atoms with van der Waals surface area (Å²) in [4.78, 5) is 32.7. The molecule has 2 fully saturated rings. The number of carbonyl (C=O) groups is 2. The SMILES string of the molecule is CC(C)N1CCN(C(=O)C2CCCN(C(=O)c3cccc4ccccc34)C2)CC1. The number of rotatable bonds is 3. The van der Waals surface area contributed by atoms with Crippen molar-refractivity contribution in [2.24, 2.45) is 5.92 Å². The molecule has 0 radical (unpaired) electrons. The molecule has 0 aliphatic carbocycles. The minimum absolute atomic E-state index is 0.0453. The van der Waals surface area contributed by atoms with Crippen LogP contribution < -0.4 is 0 Å². The first-order chi connectivity index (χ1) is 14.0. The van der Waals surface area contributed by atoms with Crippen LogP contribution in [0.15, 0.2) is 42.5 Å². The summed E-state index contributed by atoms with van der Waals surface area (Å²) in [6.07, 6.45) is 1.77. The number of benzene rings is 2. The Balaban J connectivity index is 1.44. The van der Waals surface area contributed by atoms with Crippen LogP contribution in [0.1, 0.15) is 37.0 Å². The normalized spacial score (nSPS) is 21.0. The van der Waals surface area contributed by atoms with E-state index in [1.165, 1.54) is 0 Å². The fourth-order valence-corrected chi connectivity index (χ4v) is 4.66. The molecule has 4 rings (SSSR count). The molecule has 0 saturated carbocycles. The van der Waals surface area contributed by atoms with Crippen LogP contribution in [-0.4, -0.2) is 71.8 Å². The van der Waals surface area contributed by atoms with Crippen LogP contribution in [0, 0.1) is 5.92 Å². The van der Waals surface area contributed by atoms with Crippen molar-refractivity contribution in [3.63, 3.8) is 0 Å². The first kappa shape index (κ1) is 19.9. The quantitative estimate of drug-likeness (QED) is 0.804. The molecule has 0 bridgehead atoms. The van der Waals surface area contributed by atoms with Gasteiger partial charge in [-0.3, -0.25) is 14.5 Å². The largest absolute Gasteiger partial charge is 0.340 e. The van der Waals surface area contributed by atoms with E-state index < -0.39 is 0 Å². The van der Waals surface area contributed by atoms with Crippen molar-refractivity contribution in [1.82, 2.24) is 14.7 Å². The molecule has 1 unspecified atom stereocenters. The number of hydrogen-bond acceptors (Lipinski definition) is 3. The van der Waals surface area contributed by atoms with Gasteiger partial charge in [0.1, 0.15) is 0 Å².